The van der Waals surface area contributed by atoms with Gasteiger partial charge in [0.15, 0.2) is 0 Å². The fraction of sp³-hybridized carbons (Fsp3) is 0.227. The zero-order chi connectivity index (χ0) is 16.4. The van der Waals surface area contributed by atoms with Gasteiger partial charge in [-0.3, -0.25) is 4.98 Å². The lowest BCUT2D eigenvalue weighted by atomic mass is 9.86. The van der Waals surface area contributed by atoms with Gasteiger partial charge in [0.2, 0.25) is 0 Å². The summed E-state index contributed by atoms with van der Waals surface area (Å²) in [5.41, 5.74) is 7.46. The minimum Gasteiger partial charge on any atom is -0.256 e. The van der Waals surface area contributed by atoms with Gasteiger partial charge < -0.3 is 0 Å². The fourth-order valence-corrected chi connectivity index (χ4v) is 2.69. The van der Waals surface area contributed by atoms with Gasteiger partial charge in [0.25, 0.3) is 0 Å². The first kappa shape index (κ1) is 15.5. The predicted molar refractivity (Wildman–Crippen MR) is 98.5 cm³/mol. The maximum absolute atomic E-state index is 4.45. The van der Waals surface area contributed by atoms with Crippen molar-refractivity contribution < 1.29 is 0 Å². The molecule has 2 aromatic carbocycles. The molecule has 0 amide bonds. The van der Waals surface area contributed by atoms with E-state index in [1.165, 1.54) is 22.3 Å². The molecule has 0 aliphatic carbocycles. The van der Waals surface area contributed by atoms with E-state index in [9.17, 15) is 0 Å². The monoisotopic (exact) mass is 301 g/mol. The number of hydrogen-bond acceptors (Lipinski definition) is 1. The third-order valence-electron chi connectivity index (χ3n) is 4.18. The van der Waals surface area contributed by atoms with Crippen LogP contribution in [-0.4, -0.2) is 4.98 Å². The van der Waals surface area contributed by atoms with Crippen LogP contribution in [0.2, 0.25) is 0 Å². The second-order valence-electron chi connectivity index (χ2n) is 7.12. The lowest BCUT2D eigenvalue weighted by molar-refractivity contribution is 0.590. The fourth-order valence-electron chi connectivity index (χ4n) is 2.69. The first-order valence-electron chi connectivity index (χ1n) is 8.07. The van der Waals surface area contributed by atoms with Gasteiger partial charge >= 0.3 is 0 Å². The van der Waals surface area contributed by atoms with Crippen LogP contribution in [0.4, 0.5) is 0 Å². The Morgan fingerprint density at radius 2 is 1.22 bits per heavy atom. The maximum atomic E-state index is 4.45. The number of aromatic nitrogens is 1. The van der Waals surface area contributed by atoms with E-state index in [0.717, 1.165) is 11.3 Å². The van der Waals surface area contributed by atoms with E-state index < -0.39 is 0 Å². The Balaban J connectivity index is 1.88. The molecule has 0 bridgehead atoms. The first-order valence-corrected chi connectivity index (χ1v) is 8.07. The van der Waals surface area contributed by atoms with Gasteiger partial charge in [-0.25, -0.2) is 0 Å². The highest BCUT2D eigenvalue weighted by atomic mass is 14.7. The molecule has 0 radical (unpaired) electrons. The Hall–Kier alpha value is -2.41. The van der Waals surface area contributed by atoms with E-state index in [1.807, 2.05) is 12.3 Å². The van der Waals surface area contributed by atoms with Crippen LogP contribution >= 0.6 is 0 Å². The Labute approximate surface area is 139 Å². The second kappa shape index (κ2) is 6.00. The molecule has 0 unspecified atom stereocenters. The van der Waals surface area contributed by atoms with E-state index >= 15 is 0 Å². The smallest absolute Gasteiger partial charge is 0.0704 e. The standard InChI is InChI=1S/C22H23N/c1-16-13-14-23-21(15-16)19-7-5-17(6-8-19)18-9-11-20(12-10-18)22(2,3)4/h5-15H,1-4H3. The molecule has 1 aromatic heterocycles. The predicted octanol–water partition coefficient (Wildman–Crippen LogP) is 6.02. The van der Waals surface area contributed by atoms with Gasteiger partial charge in [-0.2, -0.15) is 0 Å². The lowest BCUT2D eigenvalue weighted by Gasteiger charge is -2.19. The van der Waals surface area contributed by atoms with E-state index in [-0.39, 0.29) is 5.41 Å². The summed E-state index contributed by atoms with van der Waals surface area (Å²) in [6.07, 6.45) is 1.86. The van der Waals surface area contributed by atoms with Crippen molar-refractivity contribution in [1.29, 1.82) is 0 Å². The van der Waals surface area contributed by atoms with Gasteiger partial charge in [-0.1, -0.05) is 69.3 Å². The molecule has 0 aliphatic heterocycles. The van der Waals surface area contributed by atoms with Crippen LogP contribution in [-0.2, 0) is 5.41 Å². The summed E-state index contributed by atoms with van der Waals surface area (Å²) in [6.45, 7) is 8.82. The molecular formula is C22H23N. The van der Waals surface area contributed by atoms with Crippen LogP contribution in [0.1, 0.15) is 31.9 Å². The van der Waals surface area contributed by atoms with Crippen molar-refractivity contribution in [2.24, 2.45) is 0 Å². The number of nitrogens with zero attached hydrogens (tertiary/aromatic N) is 1. The number of aryl methyl sites for hydroxylation is 1. The Kier molecular flexibility index (Phi) is 4.04. The van der Waals surface area contributed by atoms with Crippen LogP contribution in [0, 0.1) is 6.92 Å². The Morgan fingerprint density at radius 1 is 0.696 bits per heavy atom. The molecule has 116 valence electrons. The quantitative estimate of drug-likeness (QED) is 0.564. The average molecular weight is 301 g/mol. The lowest BCUT2D eigenvalue weighted by Crippen LogP contribution is -2.10. The molecule has 0 N–H and O–H groups in total. The summed E-state index contributed by atoms with van der Waals surface area (Å²) < 4.78 is 0. The summed E-state index contributed by atoms with van der Waals surface area (Å²) in [4.78, 5) is 4.45. The van der Waals surface area contributed by atoms with Crippen LogP contribution in [0.15, 0.2) is 66.9 Å². The van der Waals surface area contributed by atoms with E-state index in [4.69, 9.17) is 0 Å². The summed E-state index contributed by atoms with van der Waals surface area (Å²) in [7, 11) is 0. The SMILES string of the molecule is Cc1ccnc(-c2ccc(-c3ccc(C(C)(C)C)cc3)cc2)c1. The van der Waals surface area contributed by atoms with Crippen molar-refractivity contribution in [3.05, 3.63) is 78.0 Å². The first-order chi connectivity index (χ1) is 10.9. The molecule has 1 nitrogen and oxygen atoms in total. The molecule has 0 saturated carbocycles. The highest BCUT2D eigenvalue weighted by Gasteiger charge is 2.13. The van der Waals surface area contributed by atoms with Crippen molar-refractivity contribution >= 4 is 0 Å². The zero-order valence-corrected chi connectivity index (χ0v) is 14.3. The normalized spacial score (nSPS) is 11.5. The maximum Gasteiger partial charge on any atom is 0.0704 e. The minimum atomic E-state index is 0.194. The summed E-state index contributed by atoms with van der Waals surface area (Å²) in [5.74, 6) is 0. The van der Waals surface area contributed by atoms with Crippen molar-refractivity contribution in [3.8, 4) is 22.4 Å². The van der Waals surface area contributed by atoms with Gasteiger partial charge in [-0.15, -0.1) is 0 Å². The van der Waals surface area contributed by atoms with Gasteiger partial charge in [0, 0.05) is 11.8 Å². The van der Waals surface area contributed by atoms with Crippen LogP contribution in [0.3, 0.4) is 0 Å². The van der Waals surface area contributed by atoms with Gasteiger partial charge in [-0.05, 0) is 46.7 Å². The average Bonchev–Trinajstić information content (AvgIpc) is 2.54. The summed E-state index contributed by atoms with van der Waals surface area (Å²) in [6, 6.07) is 21.7. The number of rotatable bonds is 2. The molecule has 1 heterocycles. The van der Waals surface area contributed by atoms with Gasteiger partial charge in [0.05, 0.1) is 5.69 Å². The summed E-state index contributed by atoms with van der Waals surface area (Å²) in [5, 5.41) is 0. The largest absolute Gasteiger partial charge is 0.256 e. The molecule has 23 heavy (non-hydrogen) atoms. The van der Waals surface area contributed by atoms with Crippen molar-refractivity contribution in [3.63, 3.8) is 0 Å². The molecule has 0 atom stereocenters. The molecule has 0 spiro atoms. The minimum absolute atomic E-state index is 0.194. The Bertz CT molecular complexity index is 791. The molecule has 3 rings (SSSR count). The van der Waals surface area contributed by atoms with Crippen molar-refractivity contribution in [1.82, 2.24) is 4.98 Å². The molecule has 1 heteroatoms. The molecule has 0 fully saturated rings. The van der Waals surface area contributed by atoms with Crippen molar-refractivity contribution in [2.45, 2.75) is 33.1 Å². The highest BCUT2D eigenvalue weighted by Crippen LogP contribution is 2.27. The number of pyridine rings is 1. The van der Waals surface area contributed by atoms with Gasteiger partial charge in [0.1, 0.15) is 0 Å². The third kappa shape index (κ3) is 3.50. The molecule has 3 aromatic rings. The van der Waals surface area contributed by atoms with E-state index in [0.29, 0.717) is 0 Å². The third-order valence-corrected chi connectivity index (χ3v) is 4.18. The van der Waals surface area contributed by atoms with E-state index in [1.54, 1.807) is 0 Å². The zero-order valence-electron chi connectivity index (χ0n) is 14.3. The van der Waals surface area contributed by atoms with Crippen LogP contribution in [0.5, 0.6) is 0 Å². The molecular weight excluding hydrogens is 278 g/mol. The number of hydrogen-bond donors (Lipinski definition) is 0. The van der Waals surface area contributed by atoms with Crippen LogP contribution in [0.25, 0.3) is 22.4 Å². The topological polar surface area (TPSA) is 12.9 Å². The summed E-state index contributed by atoms with van der Waals surface area (Å²) >= 11 is 0. The second-order valence-corrected chi connectivity index (χ2v) is 7.12. The molecule has 0 aliphatic rings. The number of benzene rings is 2. The Morgan fingerprint density at radius 3 is 1.74 bits per heavy atom. The van der Waals surface area contributed by atoms with E-state index in [2.05, 4.69) is 87.3 Å². The molecule has 0 saturated heterocycles. The van der Waals surface area contributed by atoms with Crippen LogP contribution < -0.4 is 0 Å². The highest BCUT2D eigenvalue weighted by molar-refractivity contribution is 5.69. The van der Waals surface area contributed by atoms with Crippen molar-refractivity contribution in [2.75, 3.05) is 0 Å².